The van der Waals surface area contributed by atoms with Gasteiger partial charge in [0.15, 0.2) is 0 Å². The van der Waals surface area contributed by atoms with Crippen molar-refractivity contribution < 1.29 is 9.90 Å². The van der Waals surface area contributed by atoms with Crippen LogP contribution in [-0.2, 0) is 6.61 Å². The first-order valence-electron chi connectivity index (χ1n) is 9.82. The van der Waals surface area contributed by atoms with Gasteiger partial charge in [-0.2, -0.15) is 0 Å². The SMILES string of the molecule is Cc1ccccc1Nc1c(C(=O)N2CCCCC2)cnc2c(CO)cccc12. The molecule has 1 aliphatic heterocycles. The number of rotatable bonds is 4. The Kier molecular flexibility index (Phi) is 5.26. The number of aliphatic hydroxyl groups is 1. The van der Waals surface area contributed by atoms with Crippen LogP contribution in [0.3, 0.4) is 0 Å². The van der Waals surface area contributed by atoms with E-state index in [1.807, 2.05) is 54.3 Å². The third-order valence-corrected chi connectivity index (χ3v) is 5.43. The van der Waals surface area contributed by atoms with Gasteiger partial charge in [-0.05, 0) is 37.8 Å². The number of fused-ring (bicyclic) bond motifs is 1. The van der Waals surface area contributed by atoms with Crippen LogP contribution in [0.5, 0.6) is 0 Å². The molecule has 1 aromatic heterocycles. The average molecular weight is 375 g/mol. The molecule has 0 spiro atoms. The van der Waals surface area contributed by atoms with Crippen molar-refractivity contribution in [3.8, 4) is 0 Å². The van der Waals surface area contributed by atoms with Crippen LogP contribution >= 0.6 is 0 Å². The number of benzene rings is 2. The third-order valence-electron chi connectivity index (χ3n) is 5.43. The predicted molar refractivity (Wildman–Crippen MR) is 112 cm³/mol. The molecule has 1 amide bonds. The second-order valence-corrected chi connectivity index (χ2v) is 7.31. The summed E-state index contributed by atoms with van der Waals surface area (Å²) in [6.45, 7) is 3.53. The van der Waals surface area contributed by atoms with E-state index in [0.29, 0.717) is 5.56 Å². The number of aromatic nitrogens is 1. The van der Waals surface area contributed by atoms with E-state index in [9.17, 15) is 9.90 Å². The number of aliphatic hydroxyl groups excluding tert-OH is 1. The molecule has 5 nitrogen and oxygen atoms in total. The molecule has 0 aliphatic carbocycles. The largest absolute Gasteiger partial charge is 0.392 e. The van der Waals surface area contributed by atoms with Gasteiger partial charge in [-0.1, -0.05) is 36.4 Å². The van der Waals surface area contributed by atoms with E-state index in [1.165, 1.54) is 6.42 Å². The van der Waals surface area contributed by atoms with Gasteiger partial charge in [-0.3, -0.25) is 9.78 Å². The van der Waals surface area contributed by atoms with E-state index in [1.54, 1.807) is 6.20 Å². The van der Waals surface area contributed by atoms with Gasteiger partial charge in [0.1, 0.15) is 0 Å². The van der Waals surface area contributed by atoms with Crippen LogP contribution < -0.4 is 5.32 Å². The molecule has 0 unspecified atom stereocenters. The van der Waals surface area contributed by atoms with Crippen molar-refractivity contribution in [1.29, 1.82) is 0 Å². The second kappa shape index (κ2) is 7.98. The summed E-state index contributed by atoms with van der Waals surface area (Å²) in [5.41, 5.74) is 4.86. The molecule has 0 saturated carbocycles. The summed E-state index contributed by atoms with van der Waals surface area (Å²) in [7, 11) is 0. The molecule has 0 bridgehead atoms. The zero-order valence-electron chi connectivity index (χ0n) is 16.1. The van der Waals surface area contributed by atoms with E-state index in [0.717, 1.165) is 59.3 Å². The van der Waals surface area contributed by atoms with Crippen molar-refractivity contribution in [3.63, 3.8) is 0 Å². The van der Waals surface area contributed by atoms with Crippen LogP contribution in [0.25, 0.3) is 10.9 Å². The van der Waals surface area contributed by atoms with Crippen LogP contribution in [0, 0.1) is 6.92 Å². The lowest BCUT2D eigenvalue weighted by molar-refractivity contribution is 0.0725. The number of likely N-dealkylation sites (tertiary alicyclic amines) is 1. The summed E-state index contributed by atoms with van der Waals surface area (Å²) in [5.74, 6) is 0.0135. The predicted octanol–water partition coefficient (Wildman–Crippen LogP) is 4.41. The maximum atomic E-state index is 13.3. The number of nitrogens with one attached hydrogen (secondary N) is 1. The zero-order chi connectivity index (χ0) is 19.5. The quantitative estimate of drug-likeness (QED) is 0.709. The Morgan fingerprint density at radius 1 is 1.11 bits per heavy atom. The van der Waals surface area contributed by atoms with Gasteiger partial charge in [0, 0.05) is 35.9 Å². The lowest BCUT2D eigenvalue weighted by atomic mass is 10.0. The van der Waals surface area contributed by atoms with Crippen LogP contribution in [0.15, 0.2) is 48.7 Å². The minimum atomic E-state index is -0.0897. The molecule has 0 radical (unpaired) electrons. The smallest absolute Gasteiger partial charge is 0.257 e. The van der Waals surface area contributed by atoms with Gasteiger partial charge in [0.05, 0.1) is 23.4 Å². The molecule has 2 aromatic carbocycles. The van der Waals surface area contributed by atoms with Crippen molar-refractivity contribution in [1.82, 2.24) is 9.88 Å². The first-order chi connectivity index (χ1) is 13.7. The maximum absolute atomic E-state index is 13.3. The summed E-state index contributed by atoms with van der Waals surface area (Å²) in [6.07, 6.45) is 4.91. The number of hydrogen-bond acceptors (Lipinski definition) is 4. The highest BCUT2D eigenvalue weighted by Gasteiger charge is 2.23. The molecule has 0 atom stereocenters. The number of aryl methyl sites for hydroxylation is 1. The first-order valence-corrected chi connectivity index (χ1v) is 9.82. The highest BCUT2D eigenvalue weighted by molar-refractivity contribution is 6.08. The Labute approximate surface area is 165 Å². The lowest BCUT2D eigenvalue weighted by Gasteiger charge is -2.28. The molecule has 4 rings (SSSR count). The van der Waals surface area contributed by atoms with Crippen molar-refractivity contribution in [2.45, 2.75) is 32.8 Å². The van der Waals surface area contributed by atoms with Gasteiger partial charge < -0.3 is 15.3 Å². The minimum absolute atomic E-state index is 0.0135. The molecule has 3 aromatic rings. The van der Waals surface area contributed by atoms with E-state index in [-0.39, 0.29) is 12.5 Å². The monoisotopic (exact) mass is 375 g/mol. The fourth-order valence-corrected chi connectivity index (χ4v) is 3.82. The molecular formula is C23H25N3O2. The number of pyridine rings is 1. The topological polar surface area (TPSA) is 65.5 Å². The van der Waals surface area contributed by atoms with E-state index < -0.39 is 0 Å². The Hall–Kier alpha value is -2.92. The van der Waals surface area contributed by atoms with Gasteiger partial charge >= 0.3 is 0 Å². The van der Waals surface area contributed by atoms with E-state index in [4.69, 9.17) is 0 Å². The van der Waals surface area contributed by atoms with Crippen LogP contribution in [0.4, 0.5) is 11.4 Å². The molecule has 28 heavy (non-hydrogen) atoms. The molecule has 5 heteroatoms. The summed E-state index contributed by atoms with van der Waals surface area (Å²) in [4.78, 5) is 19.8. The van der Waals surface area contributed by atoms with Gasteiger partial charge in [0.2, 0.25) is 0 Å². The highest BCUT2D eigenvalue weighted by atomic mass is 16.3. The fraction of sp³-hybridized carbons (Fsp3) is 0.304. The molecule has 2 N–H and O–H groups in total. The molecule has 1 aliphatic rings. The normalized spacial score (nSPS) is 14.3. The van der Waals surface area contributed by atoms with Crippen molar-refractivity contribution in [2.24, 2.45) is 0 Å². The van der Waals surface area contributed by atoms with Gasteiger partial charge in [0.25, 0.3) is 5.91 Å². The first kappa shape index (κ1) is 18.4. The highest BCUT2D eigenvalue weighted by Crippen LogP contribution is 2.33. The van der Waals surface area contributed by atoms with Crippen molar-refractivity contribution >= 4 is 28.2 Å². The van der Waals surface area contributed by atoms with Crippen LogP contribution in [0.1, 0.15) is 40.7 Å². The van der Waals surface area contributed by atoms with Crippen molar-refractivity contribution in [3.05, 3.63) is 65.4 Å². The number of amides is 1. The van der Waals surface area contributed by atoms with Gasteiger partial charge in [-0.25, -0.2) is 0 Å². The van der Waals surface area contributed by atoms with E-state index in [2.05, 4.69) is 10.3 Å². The summed E-state index contributed by atoms with van der Waals surface area (Å²) in [5, 5.41) is 14.0. The van der Waals surface area contributed by atoms with E-state index >= 15 is 0 Å². The van der Waals surface area contributed by atoms with Crippen molar-refractivity contribution in [2.75, 3.05) is 18.4 Å². The fourth-order valence-electron chi connectivity index (χ4n) is 3.82. The zero-order valence-corrected chi connectivity index (χ0v) is 16.1. The molecular weight excluding hydrogens is 350 g/mol. The maximum Gasteiger partial charge on any atom is 0.257 e. The van der Waals surface area contributed by atoms with Gasteiger partial charge in [-0.15, -0.1) is 0 Å². The molecule has 144 valence electrons. The Morgan fingerprint density at radius 3 is 2.64 bits per heavy atom. The number of nitrogens with zero attached hydrogens (tertiary/aromatic N) is 2. The Bertz CT molecular complexity index is 1010. The minimum Gasteiger partial charge on any atom is -0.392 e. The average Bonchev–Trinajstić information content (AvgIpc) is 2.75. The Morgan fingerprint density at radius 2 is 1.89 bits per heavy atom. The third kappa shape index (κ3) is 3.45. The number of hydrogen-bond donors (Lipinski definition) is 2. The number of carbonyl (C=O) groups excluding carboxylic acids is 1. The molecule has 1 fully saturated rings. The number of para-hydroxylation sites is 2. The number of piperidine rings is 1. The summed E-state index contributed by atoms with van der Waals surface area (Å²) >= 11 is 0. The summed E-state index contributed by atoms with van der Waals surface area (Å²) < 4.78 is 0. The standard InChI is InChI=1S/C23H25N3O2/c1-16-8-3-4-11-20(16)25-22-18-10-7-9-17(15-27)21(18)24-14-19(22)23(28)26-12-5-2-6-13-26/h3-4,7-11,14,27H,2,5-6,12-13,15H2,1H3,(H,24,25). The van der Waals surface area contributed by atoms with Crippen LogP contribution in [-0.4, -0.2) is 34.0 Å². The van der Waals surface area contributed by atoms with Crippen LogP contribution in [0.2, 0.25) is 0 Å². The number of carbonyl (C=O) groups is 1. The number of anilines is 2. The Balaban J connectivity index is 1.86. The molecule has 1 saturated heterocycles. The summed E-state index contributed by atoms with van der Waals surface area (Å²) in [6, 6.07) is 13.7. The lowest BCUT2D eigenvalue weighted by Crippen LogP contribution is -2.36. The molecule has 2 heterocycles. The second-order valence-electron chi connectivity index (χ2n) is 7.31.